The van der Waals surface area contributed by atoms with Crippen LogP contribution in [0.2, 0.25) is 10.0 Å². The van der Waals surface area contributed by atoms with Crippen LogP contribution in [0.1, 0.15) is 18.3 Å². The van der Waals surface area contributed by atoms with Gasteiger partial charge in [-0.15, -0.1) is 5.10 Å². The number of carbonyl (C=O) groups excluding carboxylic acids is 1. The zero-order valence-electron chi connectivity index (χ0n) is 11.7. The maximum Gasteiger partial charge on any atom is 0.321 e. The van der Waals surface area contributed by atoms with Crippen LogP contribution in [0.25, 0.3) is 0 Å². The second kappa shape index (κ2) is 6.78. The van der Waals surface area contributed by atoms with Crippen LogP contribution in [-0.4, -0.2) is 20.8 Å². The van der Waals surface area contributed by atoms with E-state index >= 15 is 0 Å². The third-order valence-corrected chi connectivity index (χ3v) is 3.44. The quantitative estimate of drug-likeness (QED) is 0.906. The van der Waals surface area contributed by atoms with Crippen LogP contribution in [0, 0.1) is 0 Å². The summed E-state index contributed by atoms with van der Waals surface area (Å²) in [6.07, 6.45) is 0.743. The predicted molar refractivity (Wildman–Crippen MR) is 82.7 cm³/mol. The van der Waals surface area contributed by atoms with Crippen LogP contribution in [0.15, 0.2) is 18.2 Å². The molecule has 0 aliphatic rings. The number of hydrogen-bond acceptors (Lipinski definition) is 3. The van der Waals surface area contributed by atoms with Gasteiger partial charge < -0.3 is 5.32 Å². The number of nitrogens with zero attached hydrogens (tertiary/aromatic N) is 3. The molecule has 0 spiro atoms. The second-order valence-corrected chi connectivity index (χ2v) is 5.22. The van der Waals surface area contributed by atoms with E-state index in [0.29, 0.717) is 10.0 Å². The molecule has 2 amide bonds. The van der Waals surface area contributed by atoms with Crippen LogP contribution >= 0.6 is 23.2 Å². The Bertz CT molecular complexity index is 656. The molecule has 1 aromatic carbocycles. The van der Waals surface area contributed by atoms with Gasteiger partial charge in [-0.1, -0.05) is 36.2 Å². The van der Waals surface area contributed by atoms with Gasteiger partial charge in [0.15, 0.2) is 0 Å². The number of amides is 2. The summed E-state index contributed by atoms with van der Waals surface area (Å²) >= 11 is 11.8. The lowest BCUT2D eigenvalue weighted by Crippen LogP contribution is -2.28. The normalized spacial score (nSPS) is 10.5. The number of urea groups is 1. The minimum Gasteiger partial charge on any atom is -0.334 e. The van der Waals surface area contributed by atoms with Gasteiger partial charge >= 0.3 is 6.03 Å². The van der Waals surface area contributed by atoms with Crippen LogP contribution in [-0.2, 0) is 20.0 Å². The third kappa shape index (κ3) is 4.09. The summed E-state index contributed by atoms with van der Waals surface area (Å²) < 4.78 is 1.63. The average Bonchev–Trinajstić information content (AvgIpc) is 2.77. The fourth-order valence-electron chi connectivity index (χ4n) is 1.76. The van der Waals surface area contributed by atoms with Gasteiger partial charge in [-0.25, -0.2) is 4.79 Å². The molecule has 0 radical (unpaired) electrons. The molecule has 2 N–H and O–H groups in total. The Hall–Kier alpha value is -1.79. The van der Waals surface area contributed by atoms with Crippen molar-refractivity contribution in [3.63, 3.8) is 0 Å². The van der Waals surface area contributed by atoms with E-state index in [1.807, 2.05) is 6.92 Å². The average molecular weight is 328 g/mol. The van der Waals surface area contributed by atoms with Gasteiger partial charge in [0.25, 0.3) is 0 Å². The number of nitrogens with one attached hydrogen (secondary N) is 2. The van der Waals surface area contributed by atoms with Crippen LogP contribution < -0.4 is 10.6 Å². The first-order chi connectivity index (χ1) is 9.99. The van der Waals surface area contributed by atoms with E-state index in [4.69, 9.17) is 23.2 Å². The summed E-state index contributed by atoms with van der Waals surface area (Å²) in [6, 6.07) is 4.72. The molecule has 6 nitrogen and oxygen atoms in total. The second-order valence-electron chi connectivity index (χ2n) is 4.37. The zero-order valence-corrected chi connectivity index (χ0v) is 13.2. The lowest BCUT2D eigenvalue weighted by molar-refractivity contribution is 0.251. The summed E-state index contributed by atoms with van der Waals surface area (Å²) in [5, 5.41) is 10.4. The molecule has 21 heavy (non-hydrogen) atoms. The number of aryl methyl sites for hydroxylation is 2. The Balaban J connectivity index is 1.92. The first-order valence-electron chi connectivity index (χ1n) is 6.38. The molecular weight excluding hydrogens is 313 g/mol. The van der Waals surface area contributed by atoms with Gasteiger partial charge in [-0.2, -0.15) is 4.98 Å². The molecule has 112 valence electrons. The van der Waals surface area contributed by atoms with Crippen molar-refractivity contribution in [3.05, 3.63) is 39.6 Å². The van der Waals surface area contributed by atoms with Gasteiger partial charge in [0.2, 0.25) is 5.95 Å². The topological polar surface area (TPSA) is 71.8 Å². The molecule has 0 aliphatic heterocycles. The Morgan fingerprint density at radius 3 is 2.76 bits per heavy atom. The van der Waals surface area contributed by atoms with Crippen molar-refractivity contribution in [2.75, 3.05) is 5.32 Å². The summed E-state index contributed by atoms with van der Waals surface area (Å²) in [4.78, 5) is 16.0. The van der Waals surface area contributed by atoms with Crippen LogP contribution in [0.3, 0.4) is 0 Å². The summed E-state index contributed by atoms with van der Waals surface area (Å²) in [5.74, 6) is 1.07. The van der Waals surface area contributed by atoms with Crippen molar-refractivity contribution < 1.29 is 4.79 Å². The third-order valence-electron chi connectivity index (χ3n) is 2.85. The van der Waals surface area contributed by atoms with Crippen molar-refractivity contribution in [3.8, 4) is 0 Å². The molecule has 2 rings (SSSR count). The largest absolute Gasteiger partial charge is 0.334 e. The van der Waals surface area contributed by atoms with E-state index in [-0.39, 0.29) is 12.5 Å². The lowest BCUT2D eigenvalue weighted by atomic mass is 10.2. The Kier molecular flexibility index (Phi) is 5.03. The predicted octanol–water partition coefficient (Wildman–Crippen LogP) is 3.01. The fourth-order valence-corrected chi connectivity index (χ4v) is 2.24. The van der Waals surface area contributed by atoms with E-state index in [0.717, 1.165) is 17.8 Å². The SMILES string of the molecule is CCc1nc(NC(=O)NCc2ccc(Cl)cc2Cl)nn1C. The highest BCUT2D eigenvalue weighted by Gasteiger charge is 2.09. The minimum absolute atomic E-state index is 0.272. The summed E-state index contributed by atoms with van der Waals surface area (Å²) in [5.41, 5.74) is 0.777. The maximum atomic E-state index is 11.8. The molecule has 0 saturated heterocycles. The molecular formula is C13H15Cl2N5O. The molecule has 0 fully saturated rings. The Morgan fingerprint density at radius 2 is 2.14 bits per heavy atom. The van der Waals surface area contributed by atoms with E-state index in [9.17, 15) is 4.79 Å². The monoisotopic (exact) mass is 327 g/mol. The number of hydrogen-bond donors (Lipinski definition) is 2. The Labute approximate surface area is 132 Å². The first-order valence-corrected chi connectivity index (χ1v) is 7.14. The van der Waals surface area contributed by atoms with E-state index in [1.54, 1.807) is 29.9 Å². The van der Waals surface area contributed by atoms with Gasteiger partial charge in [-0.3, -0.25) is 10.00 Å². The van der Waals surface area contributed by atoms with Crippen LogP contribution in [0.5, 0.6) is 0 Å². The number of rotatable bonds is 4. The molecule has 1 heterocycles. The first kappa shape index (κ1) is 15.6. The number of benzene rings is 1. The van der Waals surface area contributed by atoms with E-state index in [1.165, 1.54) is 0 Å². The lowest BCUT2D eigenvalue weighted by Gasteiger charge is -2.07. The molecule has 2 aromatic rings. The number of carbonyl (C=O) groups is 1. The van der Waals surface area contributed by atoms with Crippen LogP contribution in [0.4, 0.5) is 10.7 Å². The smallest absolute Gasteiger partial charge is 0.321 e. The van der Waals surface area contributed by atoms with E-state index < -0.39 is 6.03 Å². The number of anilines is 1. The van der Waals surface area contributed by atoms with Crippen molar-refractivity contribution in [2.45, 2.75) is 19.9 Å². The van der Waals surface area contributed by atoms with Gasteiger partial charge in [0.1, 0.15) is 5.82 Å². The fraction of sp³-hybridized carbons (Fsp3) is 0.308. The molecule has 0 bridgehead atoms. The molecule has 8 heteroatoms. The molecule has 0 aliphatic carbocycles. The molecule has 1 aromatic heterocycles. The summed E-state index contributed by atoms with van der Waals surface area (Å²) in [6.45, 7) is 2.26. The zero-order chi connectivity index (χ0) is 15.4. The van der Waals surface area contributed by atoms with Crippen molar-refractivity contribution in [1.82, 2.24) is 20.1 Å². The standard InChI is InChI=1S/C13H15Cl2N5O/c1-3-11-17-12(19-20(11)2)18-13(21)16-7-8-4-5-9(14)6-10(8)15/h4-6H,3,7H2,1-2H3,(H2,16,18,19,21). The Morgan fingerprint density at radius 1 is 1.38 bits per heavy atom. The van der Waals surface area contributed by atoms with Gasteiger partial charge in [0, 0.05) is 30.1 Å². The van der Waals surface area contributed by atoms with Crippen molar-refractivity contribution in [2.24, 2.45) is 7.05 Å². The molecule has 0 atom stereocenters. The van der Waals surface area contributed by atoms with Gasteiger partial charge in [-0.05, 0) is 17.7 Å². The highest BCUT2D eigenvalue weighted by Crippen LogP contribution is 2.20. The summed E-state index contributed by atoms with van der Waals surface area (Å²) in [7, 11) is 1.78. The highest BCUT2D eigenvalue weighted by atomic mass is 35.5. The minimum atomic E-state index is -0.394. The molecule has 0 unspecified atom stereocenters. The van der Waals surface area contributed by atoms with Crippen molar-refractivity contribution in [1.29, 1.82) is 0 Å². The van der Waals surface area contributed by atoms with Crippen molar-refractivity contribution >= 4 is 35.2 Å². The molecule has 0 saturated carbocycles. The number of aromatic nitrogens is 3. The number of halogens is 2. The highest BCUT2D eigenvalue weighted by molar-refractivity contribution is 6.35. The van der Waals surface area contributed by atoms with Gasteiger partial charge in [0.05, 0.1) is 0 Å². The van der Waals surface area contributed by atoms with E-state index in [2.05, 4.69) is 20.7 Å². The maximum absolute atomic E-state index is 11.8.